The summed E-state index contributed by atoms with van der Waals surface area (Å²) in [6, 6.07) is 12.3. The Balaban J connectivity index is 1.88. The number of aryl methyl sites for hydroxylation is 2. The Bertz CT molecular complexity index is 788. The number of rotatable bonds is 3. The first-order chi connectivity index (χ1) is 11.0. The number of nitrogens with one attached hydrogen (secondary N) is 1. The molecule has 1 atom stereocenters. The van der Waals surface area contributed by atoms with Gasteiger partial charge in [0.05, 0.1) is 22.8 Å². The Kier molecular flexibility index (Phi) is 4.09. The maximum absolute atomic E-state index is 12.7. The molecule has 1 saturated heterocycles. The van der Waals surface area contributed by atoms with Crippen molar-refractivity contribution in [3.63, 3.8) is 0 Å². The molecule has 118 valence electrons. The van der Waals surface area contributed by atoms with Gasteiger partial charge in [-0.25, -0.2) is 4.90 Å². The molecule has 1 unspecified atom stereocenters. The van der Waals surface area contributed by atoms with Crippen LogP contribution >= 0.6 is 11.6 Å². The van der Waals surface area contributed by atoms with Crippen molar-refractivity contribution in [2.45, 2.75) is 26.3 Å². The molecule has 5 heteroatoms. The predicted octanol–water partition coefficient (Wildman–Crippen LogP) is 3.70. The highest BCUT2D eigenvalue weighted by Crippen LogP contribution is 2.30. The Morgan fingerprint density at radius 1 is 1.13 bits per heavy atom. The highest BCUT2D eigenvalue weighted by molar-refractivity contribution is 6.33. The lowest BCUT2D eigenvalue weighted by atomic mass is 10.1. The Hall–Kier alpha value is -2.33. The molecule has 0 aromatic heterocycles. The maximum atomic E-state index is 12.7. The van der Waals surface area contributed by atoms with Gasteiger partial charge >= 0.3 is 0 Å². The van der Waals surface area contributed by atoms with Gasteiger partial charge in [0, 0.05) is 0 Å². The van der Waals surface area contributed by atoms with Crippen LogP contribution in [0.25, 0.3) is 0 Å². The minimum Gasteiger partial charge on any atom is -0.372 e. The van der Waals surface area contributed by atoms with E-state index in [2.05, 4.69) is 5.32 Å². The summed E-state index contributed by atoms with van der Waals surface area (Å²) in [5.41, 5.74) is 3.22. The van der Waals surface area contributed by atoms with E-state index in [0.717, 1.165) is 11.1 Å². The van der Waals surface area contributed by atoms with E-state index in [1.165, 1.54) is 4.90 Å². The molecule has 0 spiro atoms. The van der Waals surface area contributed by atoms with Crippen LogP contribution in [0.4, 0.5) is 11.4 Å². The van der Waals surface area contributed by atoms with Crippen molar-refractivity contribution in [1.29, 1.82) is 0 Å². The minimum atomic E-state index is -0.595. The van der Waals surface area contributed by atoms with Crippen LogP contribution in [0.3, 0.4) is 0 Å². The van der Waals surface area contributed by atoms with Gasteiger partial charge in [-0.15, -0.1) is 0 Å². The molecule has 1 aliphatic heterocycles. The van der Waals surface area contributed by atoms with Crippen LogP contribution in [0, 0.1) is 13.8 Å². The molecule has 2 aromatic rings. The summed E-state index contributed by atoms with van der Waals surface area (Å²) in [6.07, 6.45) is 0.122. The molecular formula is C18H17ClN2O2. The van der Waals surface area contributed by atoms with E-state index in [-0.39, 0.29) is 18.2 Å². The number of carbonyl (C=O) groups is 2. The quantitative estimate of drug-likeness (QED) is 0.874. The molecule has 4 nitrogen and oxygen atoms in total. The predicted molar refractivity (Wildman–Crippen MR) is 91.9 cm³/mol. The van der Waals surface area contributed by atoms with E-state index < -0.39 is 6.04 Å². The van der Waals surface area contributed by atoms with Crippen molar-refractivity contribution in [1.82, 2.24) is 0 Å². The molecule has 0 aliphatic carbocycles. The van der Waals surface area contributed by atoms with Crippen molar-refractivity contribution in [2.24, 2.45) is 0 Å². The summed E-state index contributed by atoms with van der Waals surface area (Å²) < 4.78 is 0. The average Bonchev–Trinajstić information content (AvgIpc) is 2.79. The third-order valence-electron chi connectivity index (χ3n) is 3.96. The van der Waals surface area contributed by atoms with Crippen LogP contribution in [0.1, 0.15) is 17.5 Å². The highest BCUT2D eigenvalue weighted by atomic mass is 35.5. The minimum absolute atomic E-state index is 0.122. The summed E-state index contributed by atoms with van der Waals surface area (Å²) in [7, 11) is 0. The highest BCUT2D eigenvalue weighted by Gasteiger charge is 2.40. The van der Waals surface area contributed by atoms with Crippen molar-refractivity contribution in [3.05, 3.63) is 58.6 Å². The number of benzene rings is 2. The number of amides is 2. The first-order valence-corrected chi connectivity index (χ1v) is 7.80. The molecule has 1 fully saturated rings. The maximum Gasteiger partial charge on any atom is 0.256 e. The van der Waals surface area contributed by atoms with Gasteiger partial charge in [0.25, 0.3) is 5.91 Å². The second-order valence-corrected chi connectivity index (χ2v) is 6.15. The third kappa shape index (κ3) is 2.94. The van der Waals surface area contributed by atoms with Crippen molar-refractivity contribution >= 4 is 34.8 Å². The van der Waals surface area contributed by atoms with Crippen LogP contribution in [0.15, 0.2) is 42.5 Å². The number of nitrogens with zero attached hydrogens (tertiary/aromatic N) is 1. The van der Waals surface area contributed by atoms with E-state index >= 15 is 0 Å². The van der Waals surface area contributed by atoms with E-state index in [9.17, 15) is 9.59 Å². The van der Waals surface area contributed by atoms with Crippen molar-refractivity contribution in [3.8, 4) is 0 Å². The molecule has 3 rings (SSSR count). The lowest BCUT2D eigenvalue weighted by molar-refractivity contribution is -0.121. The molecule has 2 amide bonds. The van der Waals surface area contributed by atoms with Crippen molar-refractivity contribution < 1.29 is 9.59 Å². The molecule has 1 aliphatic rings. The summed E-state index contributed by atoms with van der Waals surface area (Å²) >= 11 is 6.11. The summed E-state index contributed by atoms with van der Waals surface area (Å²) in [5.74, 6) is -0.447. The fourth-order valence-electron chi connectivity index (χ4n) is 2.72. The van der Waals surface area contributed by atoms with Gasteiger partial charge < -0.3 is 5.32 Å². The van der Waals surface area contributed by atoms with E-state index in [1.807, 2.05) is 44.2 Å². The fraction of sp³-hybridized carbons (Fsp3) is 0.222. The van der Waals surface area contributed by atoms with Crippen LogP contribution < -0.4 is 10.2 Å². The molecule has 1 heterocycles. The van der Waals surface area contributed by atoms with E-state index in [1.54, 1.807) is 12.1 Å². The standard InChI is InChI=1S/C18H17ClN2O2/c1-11-7-8-12(2)16(9-11)21-17(22)10-15(18(21)23)20-14-6-4-3-5-13(14)19/h3-9,15,20H,10H2,1-2H3. The average molecular weight is 329 g/mol. The summed E-state index contributed by atoms with van der Waals surface area (Å²) in [6.45, 7) is 3.83. The second kappa shape index (κ2) is 6.05. The number of hydrogen-bond donors (Lipinski definition) is 1. The summed E-state index contributed by atoms with van der Waals surface area (Å²) in [5, 5.41) is 3.61. The number of carbonyl (C=O) groups excluding carboxylic acids is 2. The van der Waals surface area contributed by atoms with Crippen LogP contribution in [-0.2, 0) is 9.59 Å². The Morgan fingerprint density at radius 3 is 2.61 bits per heavy atom. The van der Waals surface area contributed by atoms with E-state index in [0.29, 0.717) is 16.4 Å². The molecule has 0 saturated carbocycles. The fourth-order valence-corrected chi connectivity index (χ4v) is 2.91. The largest absolute Gasteiger partial charge is 0.372 e. The van der Waals surface area contributed by atoms with Gasteiger partial charge in [-0.2, -0.15) is 0 Å². The molecule has 2 aromatic carbocycles. The molecule has 1 N–H and O–H groups in total. The lowest BCUT2D eigenvalue weighted by Gasteiger charge is -2.19. The van der Waals surface area contributed by atoms with Gasteiger partial charge in [-0.1, -0.05) is 35.9 Å². The van der Waals surface area contributed by atoms with Gasteiger partial charge in [0.1, 0.15) is 6.04 Å². The van der Waals surface area contributed by atoms with Crippen LogP contribution in [-0.4, -0.2) is 17.9 Å². The monoisotopic (exact) mass is 328 g/mol. The van der Waals surface area contributed by atoms with Crippen LogP contribution in [0.2, 0.25) is 5.02 Å². The zero-order chi connectivity index (χ0) is 16.6. The number of imide groups is 1. The molecule has 23 heavy (non-hydrogen) atoms. The smallest absolute Gasteiger partial charge is 0.256 e. The Labute approximate surface area is 140 Å². The van der Waals surface area contributed by atoms with Crippen LogP contribution in [0.5, 0.6) is 0 Å². The van der Waals surface area contributed by atoms with Gasteiger partial charge in [0.2, 0.25) is 5.91 Å². The molecule has 0 bridgehead atoms. The number of halogens is 1. The summed E-state index contributed by atoms with van der Waals surface area (Å²) in [4.78, 5) is 26.3. The SMILES string of the molecule is Cc1ccc(C)c(N2C(=O)CC(Nc3ccccc3Cl)C2=O)c1. The second-order valence-electron chi connectivity index (χ2n) is 5.74. The lowest BCUT2D eigenvalue weighted by Crippen LogP contribution is -2.35. The third-order valence-corrected chi connectivity index (χ3v) is 4.29. The first kappa shape index (κ1) is 15.6. The number of para-hydroxylation sites is 1. The zero-order valence-electron chi connectivity index (χ0n) is 13.0. The van der Waals surface area contributed by atoms with Gasteiger partial charge in [0.15, 0.2) is 0 Å². The van der Waals surface area contributed by atoms with Gasteiger partial charge in [-0.05, 0) is 43.2 Å². The molecule has 0 radical (unpaired) electrons. The number of hydrogen-bond acceptors (Lipinski definition) is 3. The normalized spacial score (nSPS) is 17.7. The van der Waals surface area contributed by atoms with Crippen molar-refractivity contribution in [2.75, 3.05) is 10.2 Å². The zero-order valence-corrected chi connectivity index (χ0v) is 13.7. The first-order valence-electron chi connectivity index (χ1n) is 7.42. The number of anilines is 2. The van der Waals surface area contributed by atoms with E-state index in [4.69, 9.17) is 11.6 Å². The van der Waals surface area contributed by atoms with Gasteiger partial charge in [-0.3, -0.25) is 9.59 Å². The Morgan fingerprint density at radius 2 is 1.87 bits per heavy atom. The topological polar surface area (TPSA) is 49.4 Å². The molecular weight excluding hydrogens is 312 g/mol.